The van der Waals surface area contributed by atoms with Gasteiger partial charge in [-0.15, -0.1) is 11.8 Å². The van der Waals surface area contributed by atoms with Crippen LogP contribution in [0.2, 0.25) is 0 Å². The summed E-state index contributed by atoms with van der Waals surface area (Å²) in [5, 5.41) is 16.4. The number of ether oxygens (including phenoxy) is 1. The summed E-state index contributed by atoms with van der Waals surface area (Å²) in [4.78, 5) is 44.0. The number of hydrogen-bond acceptors (Lipinski definition) is 6. The molecule has 220 valence electrons. The Morgan fingerprint density at radius 1 is 1.15 bits per heavy atom. The van der Waals surface area contributed by atoms with Gasteiger partial charge in [0.15, 0.2) is 0 Å². The number of benzene rings is 2. The van der Waals surface area contributed by atoms with Crippen molar-refractivity contribution in [1.82, 2.24) is 4.90 Å². The van der Waals surface area contributed by atoms with Gasteiger partial charge in [-0.1, -0.05) is 41.9 Å². The molecule has 3 aliphatic heterocycles. The highest BCUT2D eigenvalue weighted by atomic mass is 79.9. The SMILES string of the molecule is CCOc1ccc(NC(=O)[C@H]2[C@@H]3SC4(CC3Br)C(C(=O)Nc3cc(C)ccc3C)N([C@@H](CO)C(C)C)C(=O)[C@H]24)cc1. The molecule has 0 aromatic heterocycles. The van der Waals surface area contributed by atoms with Crippen LogP contribution in [-0.4, -0.2) is 67.8 Å². The molecule has 1 spiro atoms. The van der Waals surface area contributed by atoms with Crippen molar-refractivity contribution < 1.29 is 24.2 Å². The van der Waals surface area contributed by atoms with Gasteiger partial charge in [0, 0.05) is 21.5 Å². The molecule has 3 heterocycles. The Hall–Kier alpha value is -2.56. The quantitative estimate of drug-likeness (QED) is 0.340. The van der Waals surface area contributed by atoms with E-state index >= 15 is 0 Å². The number of rotatable bonds is 9. The van der Waals surface area contributed by atoms with Crippen LogP contribution in [0.25, 0.3) is 0 Å². The fourth-order valence-corrected chi connectivity index (χ4v) is 10.3. The van der Waals surface area contributed by atoms with Crippen LogP contribution in [0.5, 0.6) is 5.75 Å². The van der Waals surface area contributed by atoms with E-state index in [4.69, 9.17) is 4.74 Å². The summed E-state index contributed by atoms with van der Waals surface area (Å²) in [7, 11) is 0. The van der Waals surface area contributed by atoms with Crippen molar-refractivity contribution in [3.05, 3.63) is 53.6 Å². The number of carbonyl (C=O) groups is 3. The molecule has 5 rings (SSSR count). The number of amides is 3. The minimum absolute atomic E-state index is 0.0461. The maximum atomic E-state index is 14.4. The highest BCUT2D eigenvalue weighted by molar-refractivity contribution is 9.09. The Morgan fingerprint density at radius 3 is 2.49 bits per heavy atom. The molecular formula is C31H38BrN3O5S. The standard InChI is InChI=1S/C31H38BrN3O5S/c1-6-40-20-11-9-19(10-12-20)33-28(37)24-25-30(39)35(23(15-36)16(2)3)27(31(25)14-21(32)26(24)41-31)29(38)34-22-13-17(4)7-8-18(22)5/h7-13,16,21,23-27,36H,6,14-15H2,1-5H3,(H,33,37)(H,34,38)/t21?,23-,24+,25-,26+,27?,31?/m0/s1. The van der Waals surface area contributed by atoms with E-state index in [-0.39, 0.29) is 40.3 Å². The third-order valence-electron chi connectivity index (χ3n) is 8.68. The highest BCUT2D eigenvalue weighted by Crippen LogP contribution is 2.68. The van der Waals surface area contributed by atoms with Crippen LogP contribution in [0.4, 0.5) is 11.4 Å². The first-order valence-corrected chi connectivity index (χ1v) is 16.0. The van der Waals surface area contributed by atoms with Gasteiger partial charge in [-0.05, 0) is 74.6 Å². The Labute approximate surface area is 254 Å². The number of nitrogens with one attached hydrogen (secondary N) is 2. The topological polar surface area (TPSA) is 108 Å². The Morgan fingerprint density at radius 2 is 1.85 bits per heavy atom. The predicted molar refractivity (Wildman–Crippen MR) is 166 cm³/mol. The Balaban J connectivity index is 1.51. The van der Waals surface area contributed by atoms with Crippen LogP contribution < -0.4 is 15.4 Å². The molecule has 10 heteroatoms. The number of likely N-dealkylation sites (tertiary alicyclic amines) is 1. The number of thioether (sulfide) groups is 1. The Kier molecular flexibility index (Phi) is 8.47. The second-order valence-electron chi connectivity index (χ2n) is 11.7. The zero-order chi connectivity index (χ0) is 29.6. The summed E-state index contributed by atoms with van der Waals surface area (Å²) >= 11 is 5.39. The number of aryl methyl sites for hydroxylation is 2. The summed E-state index contributed by atoms with van der Waals surface area (Å²) in [5.41, 5.74) is 3.25. The van der Waals surface area contributed by atoms with Crippen molar-refractivity contribution in [2.75, 3.05) is 23.8 Å². The minimum Gasteiger partial charge on any atom is -0.494 e. The lowest BCUT2D eigenvalue weighted by molar-refractivity contribution is -0.142. The van der Waals surface area contributed by atoms with Crippen LogP contribution in [0.1, 0.15) is 38.3 Å². The fraction of sp³-hybridized carbons (Fsp3) is 0.516. The van der Waals surface area contributed by atoms with E-state index in [9.17, 15) is 19.5 Å². The molecule has 3 unspecified atom stereocenters. The van der Waals surface area contributed by atoms with Crippen molar-refractivity contribution in [3.8, 4) is 5.75 Å². The van der Waals surface area contributed by atoms with E-state index in [0.717, 1.165) is 11.1 Å². The van der Waals surface area contributed by atoms with E-state index in [2.05, 4.69) is 26.6 Å². The van der Waals surface area contributed by atoms with Crippen molar-refractivity contribution in [3.63, 3.8) is 0 Å². The van der Waals surface area contributed by atoms with E-state index in [0.29, 0.717) is 30.2 Å². The smallest absolute Gasteiger partial charge is 0.248 e. The molecule has 3 aliphatic rings. The molecule has 0 aliphatic carbocycles. The summed E-state index contributed by atoms with van der Waals surface area (Å²) < 4.78 is 4.71. The van der Waals surface area contributed by atoms with Crippen molar-refractivity contribution in [2.45, 2.75) is 67.9 Å². The third-order valence-corrected chi connectivity index (χ3v) is 11.9. The number of aliphatic hydroxyl groups is 1. The largest absolute Gasteiger partial charge is 0.494 e. The Bertz CT molecular complexity index is 1340. The fourth-order valence-electron chi connectivity index (χ4n) is 6.74. The number of hydrogen-bond donors (Lipinski definition) is 3. The molecule has 2 aromatic rings. The van der Waals surface area contributed by atoms with Crippen molar-refractivity contribution in [1.29, 1.82) is 0 Å². The third kappa shape index (κ3) is 5.16. The van der Waals surface area contributed by atoms with E-state index in [1.165, 1.54) is 0 Å². The summed E-state index contributed by atoms with van der Waals surface area (Å²) in [6, 6.07) is 11.7. The van der Waals surface area contributed by atoms with Crippen LogP contribution in [-0.2, 0) is 14.4 Å². The number of carbonyl (C=O) groups excluding carboxylic acids is 3. The minimum atomic E-state index is -0.835. The number of anilines is 2. The van der Waals surface area contributed by atoms with Gasteiger partial charge in [0.2, 0.25) is 17.7 Å². The molecule has 3 amide bonds. The molecule has 2 aromatic carbocycles. The van der Waals surface area contributed by atoms with Gasteiger partial charge in [-0.3, -0.25) is 14.4 Å². The van der Waals surface area contributed by atoms with Gasteiger partial charge in [0.25, 0.3) is 0 Å². The number of nitrogens with zero attached hydrogens (tertiary/aromatic N) is 1. The summed E-state index contributed by atoms with van der Waals surface area (Å²) in [6.07, 6.45) is 0.573. The van der Waals surface area contributed by atoms with Crippen molar-refractivity contribution >= 4 is 56.8 Å². The maximum absolute atomic E-state index is 14.4. The maximum Gasteiger partial charge on any atom is 0.248 e. The molecule has 7 atom stereocenters. The van der Waals surface area contributed by atoms with Gasteiger partial charge in [-0.25, -0.2) is 0 Å². The van der Waals surface area contributed by atoms with E-state index < -0.39 is 28.7 Å². The average molecular weight is 645 g/mol. The molecule has 3 fully saturated rings. The summed E-state index contributed by atoms with van der Waals surface area (Å²) in [6.45, 7) is 9.96. The first-order valence-electron chi connectivity index (χ1n) is 14.2. The molecule has 41 heavy (non-hydrogen) atoms. The second-order valence-corrected chi connectivity index (χ2v) is 14.4. The molecule has 8 nitrogen and oxygen atoms in total. The lowest BCUT2D eigenvalue weighted by Gasteiger charge is -2.38. The monoisotopic (exact) mass is 643 g/mol. The van der Waals surface area contributed by atoms with Gasteiger partial charge in [0.1, 0.15) is 11.8 Å². The van der Waals surface area contributed by atoms with Crippen LogP contribution >= 0.6 is 27.7 Å². The highest BCUT2D eigenvalue weighted by Gasteiger charge is 2.76. The molecule has 3 saturated heterocycles. The number of halogens is 1. The molecular weight excluding hydrogens is 606 g/mol. The first kappa shape index (κ1) is 29.9. The number of aliphatic hydroxyl groups excluding tert-OH is 1. The zero-order valence-electron chi connectivity index (χ0n) is 24.0. The lowest BCUT2D eigenvalue weighted by Crippen LogP contribution is -2.56. The first-order chi connectivity index (χ1) is 19.5. The number of alkyl halides is 1. The molecule has 2 bridgehead atoms. The predicted octanol–water partition coefficient (Wildman–Crippen LogP) is 4.76. The van der Waals surface area contributed by atoms with E-state index in [1.54, 1.807) is 40.9 Å². The number of fused-ring (bicyclic) bond motifs is 1. The van der Waals surface area contributed by atoms with Gasteiger partial charge in [0.05, 0.1) is 35.8 Å². The van der Waals surface area contributed by atoms with Gasteiger partial charge in [-0.2, -0.15) is 0 Å². The zero-order valence-corrected chi connectivity index (χ0v) is 26.4. The average Bonchev–Trinajstić information content (AvgIpc) is 3.51. The molecule has 3 N–H and O–H groups in total. The summed E-state index contributed by atoms with van der Waals surface area (Å²) in [5.74, 6) is -1.46. The second kappa shape index (κ2) is 11.6. The molecule has 0 saturated carbocycles. The van der Waals surface area contributed by atoms with Crippen LogP contribution in [0.3, 0.4) is 0 Å². The van der Waals surface area contributed by atoms with Gasteiger partial charge >= 0.3 is 0 Å². The van der Waals surface area contributed by atoms with Crippen molar-refractivity contribution in [2.24, 2.45) is 17.8 Å². The van der Waals surface area contributed by atoms with Gasteiger partial charge < -0.3 is 25.4 Å². The van der Waals surface area contributed by atoms with Crippen LogP contribution in [0, 0.1) is 31.6 Å². The van der Waals surface area contributed by atoms with Crippen LogP contribution in [0.15, 0.2) is 42.5 Å². The molecule has 0 radical (unpaired) electrons. The van der Waals surface area contributed by atoms with E-state index in [1.807, 2.05) is 52.8 Å². The lowest BCUT2D eigenvalue weighted by atomic mass is 9.70. The normalized spacial score (nSPS) is 29.0.